The highest BCUT2D eigenvalue weighted by molar-refractivity contribution is 5.98. The van der Waals surface area contributed by atoms with Crippen LogP contribution in [0.25, 0.3) is 11.1 Å². The van der Waals surface area contributed by atoms with E-state index in [-0.39, 0.29) is 18.2 Å². The van der Waals surface area contributed by atoms with Crippen molar-refractivity contribution in [2.75, 3.05) is 6.54 Å². The maximum Gasteiger partial charge on any atom is 0.407 e. The minimum absolute atomic E-state index is 0.240. The number of alkyl carbamates (subject to hydrolysis) is 1. The average molecular weight is 386 g/mol. The Hall–Kier alpha value is -2.76. The molecule has 6 nitrogen and oxygen atoms in total. The summed E-state index contributed by atoms with van der Waals surface area (Å²) in [5.41, 5.74) is 1.84. The molecular formula is C22H30N2O4. The summed E-state index contributed by atoms with van der Waals surface area (Å²) in [6, 6.07) is 9.35. The standard InChI is InChI=1S/C22H30N2O4/c1-15(2)10-12-23-20(25)19-18(11-13-27-19)17-9-7-6-8-16(17)14-24-21(26)28-22(3,4)5/h6-9,11,13,15H,10,12,14H2,1-5H3,(H,23,25)(H,24,26). The van der Waals surface area contributed by atoms with Gasteiger partial charge in [-0.05, 0) is 50.3 Å². The van der Waals surface area contributed by atoms with Crippen LogP contribution in [0.5, 0.6) is 0 Å². The molecular weight excluding hydrogens is 356 g/mol. The molecule has 1 heterocycles. The molecule has 1 aromatic heterocycles. The smallest absolute Gasteiger partial charge is 0.407 e. The van der Waals surface area contributed by atoms with Crippen molar-refractivity contribution < 1.29 is 18.7 Å². The molecule has 2 aromatic rings. The first-order valence-corrected chi connectivity index (χ1v) is 9.58. The van der Waals surface area contributed by atoms with Crippen LogP contribution in [-0.2, 0) is 11.3 Å². The van der Waals surface area contributed by atoms with Gasteiger partial charge in [-0.15, -0.1) is 0 Å². The maximum absolute atomic E-state index is 12.5. The third kappa shape index (κ3) is 6.44. The molecule has 6 heteroatoms. The topological polar surface area (TPSA) is 80.6 Å². The summed E-state index contributed by atoms with van der Waals surface area (Å²) in [6.45, 7) is 10.5. The molecule has 0 radical (unpaired) electrons. The Labute approximate surface area is 166 Å². The molecule has 2 N–H and O–H groups in total. The minimum atomic E-state index is -0.560. The first-order valence-electron chi connectivity index (χ1n) is 9.58. The van der Waals surface area contributed by atoms with Crippen molar-refractivity contribution in [1.29, 1.82) is 0 Å². The predicted octanol–water partition coefficient (Wildman–Crippen LogP) is 4.75. The first-order chi connectivity index (χ1) is 13.2. The Bertz CT molecular complexity index is 803. The van der Waals surface area contributed by atoms with Gasteiger partial charge in [-0.25, -0.2) is 4.79 Å². The summed E-state index contributed by atoms with van der Waals surface area (Å²) in [4.78, 5) is 24.5. The van der Waals surface area contributed by atoms with Crippen LogP contribution in [0.3, 0.4) is 0 Å². The summed E-state index contributed by atoms with van der Waals surface area (Å²) < 4.78 is 10.7. The predicted molar refractivity (Wildman–Crippen MR) is 109 cm³/mol. The molecule has 0 saturated carbocycles. The van der Waals surface area contributed by atoms with E-state index in [4.69, 9.17) is 9.15 Å². The number of furan rings is 1. The molecule has 2 amide bonds. The average Bonchev–Trinajstić information content (AvgIpc) is 3.08. The zero-order valence-electron chi connectivity index (χ0n) is 17.3. The van der Waals surface area contributed by atoms with Gasteiger partial charge in [0.25, 0.3) is 5.91 Å². The monoisotopic (exact) mass is 386 g/mol. The Morgan fingerprint density at radius 3 is 2.46 bits per heavy atom. The van der Waals surface area contributed by atoms with Gasteiger partial charge in [-0.3, -0.25) is 4.79 Å². The van der Waals surface area contributed by atoms with Crippen molar-refractivity contribution in [3.05, 3.63) is 47.9 Å². The molecule has 0 aliphatic heterocycles. The summed E-state index contributed by atoms with van der Waals surface area (Å²) in [5.74, 6) is 0.542. The van der Waals surface area contributed by atoms with Crippen molar-refractivity contribution >= 4 is 12.0 Å². The van der Waals surface area contributed by atoms with Crippen LogP contribution in [0, 0.1) is 5.92 Å². The van der Waals surface area contributed by atoms with Crippen LogP contribution in [0.4, 0.5) is 4.79 Å². The van der Waals surface area contributed by atoms with Gasteiger partial charge in [0.2, 0.25) is 0 Å². The largest absolute Gasteiger partial charge is 0.459 e. The number of ether oxygens (including phenoxy) is 1. The maximum atomic E-state index is 12.5. The summed E-state index contributed by atoms with van der Waals surface area (Å²) in [7, 11) is 0. The van der Waals surface area contributed by atoms with E-state index in [9.17, 15) is 9.59 Å². The number of benzene rings is 1. The van der Waals surface area contributed by atoms with E-state index >= 15 is 0 Å². The van der Waals surface area contributed by atoms with E-state index in [0.717, 1.165) is 17.5 Å². The van der Waals surface area contributed by atoms with Crippen molar-refractivity contribution in [2.45, 2.75) is 53.2 Å². The van der Waals surface area contributed by atoms with Crippen LogP contribution in [0.2, 0.25) is 0 Å². The van der Waals surface area contributed by atoms with Gasteiger partial charge < -0.3 is 19.8 Å². The van der Waals surface area contributed by atoms with Gasteiger partial charge in [-0.1, -0.05) is 38.1 Å². The number of amides is 2. The SMILES string of the molecule is CC(C)CCNC(=O)c1occc1-c1ccccc1CNC(=O)OC(C)(C)C. The van der Waals surface area contributed by atoms with Crippen molar-refractivity contribution in [1.82, 2.24) is 10.6 Å². The summed E-state index contributed by atoms with van der Waals surface area (Å²) >= 11 is 0. The Kier molecular flexibility index (Phi) is 7.26. The molecule has 0 unspecified atom stereocenters. The Morgan fingerprint density at radius 2 is 1.79 bits per heavy atom. The summed E-state index contributed by atoms with van der Waals surface area (Å²) in [6.07, 6.45) is 1.92. The van der Waals surface area contributed by atoms with Crippen LogP contribution in [0.15, 0.2) is 41.0 Å². The van der Waals surface area contributed by atoms with Crippen molar-refractivity contribution in [2.24, 2.45) is 5.92 Å². The third-order valence-corrected chi connectivity index (χ3v) is 4.01. The zero-order chi connectivity index (χ0) is 20.7. The van der Waals surface area contributed by atoms with Crippen LogP contribution >= 0.6 is 0 Å². The van der Waals surface area contributed by atoms with E-state index in [1.807, 2.05) is 45.0 Å². The molecule has 28 heavy (non-hydrogen) atoms. The number of nitrogens with one attached hydrogen (secondary N) is 2. The van der Waals surface area contributed by atoms with Crippen molar-refractivity contribution in [3.63, 3.8) is 0 Å². The number of carbonyl (C=O) groups excluding carboxylic acids is 2. The van der Waals surface area contributed by atoms with Gasteiger partial charge in [0.15, 0.2) is 5.76 Å². The van der Waals surface area contributed by atoms with E-state index in [1.54, 1.807) is 6.07 Å². The lowest BCUT2D eigenvalue weighted by molar-refractivity contribution is 0.0523. The molecule has 1 aromatic carbocycles. The fraction of sp³-hybridized carbons (Fsp3) is 0.455. The van der Waals surface area contributed by atoms with E-state index in [2.05, 4.69) is 24.5 Å². The quantitative estimate of drug-likeness (QED) is 0.720. The molecule has 0 saturated heterocycles. The van der Waals surface area contributed by atoms with E-state index in [1.165, 1.54) is 6.26 Å². The highest BCUT2D eigenvalue weighted by Crippen LogP contribution is 2.28. The third-order valence-electron chi connectivity index (χ3n) is 4.01. The molecule has 0 spiro atoms. The van der Waals surface area contributed by atoms with Crippen LogP contribution in [-0.4, -0.2) is 24.1 Å². The number of carbonyl (C=O) groups is 2. The molecule has 0 atom stereocenters. The Balaban J connectivity index is 2.14. The molecule has 0 aliphatic carbocycles. The van der Waals surface area contributed by atoms with Gasteiger partial charge in [0.05, 0.1) is 6.26 Å². The number of rotatable bonds is 7. The van der Waals surface area contributed by atoms with Crippen molar-refractivity contribution in [3.8, 4) is 11.1 Å². The lowest BCUT2D eigenvalue weighted by atomic mass is 9.99. The van der Waals surface area contributed by atoms with Gasteiger partial charge in [-0.2, -0.15) is 0 Å². The number of hydrogen-bond acceptors (Lipinski definition) is 4. The molecule has 2 rings (SSSR count). The molecule has 0 aliphatic rings. The second-order valence-electron chi connectivity index (χ2n) is 8.11. The normalized spacial score (nSPS) is 11.4. The molecule has 0 bridgehead atoms. The second-order valence-corrected chi connectivity index (χ2v) is 8.11. The first kappa shape index (κ1) is 21.5. The molecule has 152 valence electrons. The van der Waals surface area contributed by atoms with E-state index < -0.39 is 11.7 Å². The lowest BCUT2D eigenvalue weighted by Gasteiger charge is -2.20. The number of hydrogen-bond donors (Lipinski definition) is 2. The lowest BCUT2D eigenvalue weighted by Crippen LogP contribution is -2.32. The minimum Gasteiger partial charge on any atom is -0.459 e. The van der Waals surface area contributed by atoms with Crippen LogP contribution in [0.1, 0.15) is 57.2 Å². The Morgan fingerprint density at radius 1 is 1.07 bits per heavy atom. The van der Waals surface area contributed by atoms with Gasteiger partial charge >= 0.3 is 6.09 Å². The summed E-state index contributed by atoms with van der Waals surface area (Å²) in [5, 5.41) is 5.66. The molecule has 0 fully saturated rings. The van der Waals surface area contributed by atoms with Gasteiger partial charge in [0.1, 0.15) is 5.60 Å². The van der Waals surface area contributed by atoms with E-state index in [0.29, 0.717) is 18.0 Å². The highest BCUT2D eigenvalue weighted by atomic mass is 16.6. The van der Waals surface area contributed by atoms with Gasteiger partial charge in [0, 0.05) is 18.7 Å². The fourth-order valence-electron chi connectivity index (χ4n) is 2.67. The van der Waals surface area contributed by atoms with Crippen LogP contribution < -0.4 is 10.6 Å². The zero-order valence-corrected chi connectivity index (χ0v) is 17.3. The second kappa shape index (κ2) is 9.44. The highest BCUT2D eigenvalue weighted by Gasteiger charge is 2.20. The fourth-order valence-corrected chi connectivity index (χ4v) is 2.67.